The van der Waals surface area contributed by atoms with Gasteiger partial charge in [-0.1, -0.05) is 15.9 Å². The van der Waals surface area contributed by atoms with E-state index in [-0.39, 0.29) is 5.75 Å². The molecule has 0 aliphatic rings. The molecule has 0 saturated heterocycles. The fourth-order valence-electron chi connectivity index (χ4n) is 1.52. The maximum Gasteiger partial charge on any atom is 0.265 e. The van der Waals surface area contributed by atoms with E-state index >= 15 is 0 Å². The largest absolute Gasteiger partial charge is 0.478 e. The molecule has 0 saturated carbocycles. The fourth-order valence-corrected chi connectivity index (χ4v) is 2.60. The van der Waals surface area contributed by atoms with Gasteiger partial charge in [-0.2, -0.15) is 5.26 Å². The average molecular weight is 369 g/mol. The van der Waals surface area contributed by atoms with Crippen LogP contribution in [0.25, 0.3) is 0 Å². The van der Waals surface area contributed by atoms with Gasteiger partial charge in [0.2, 0.25) is 0 Å². The molecule has 0 radical (unpaired) electrons. The number of hydrogen-bond donors (Lipinski definition) is 1. The lowest BCUT2D eigenvalue weighted by Gasteiger charge is -2.14. The van der Waals surface area contributed by atoms with Crippen molar-refractivity contribution in [2.45, 2.75) is 13.0 Å². The zero-order valence-electron chi connectivity index (χ0n) is 10.9. The molecule has 0 bridgehead atoms. The maximum absolute atomic E-state index is 13.6. The first-order valence-electron chi connectivity index (χ1n) is 5.91. The maximum atomic E-state index is 13.6. The molecule has 1 heterocycles. The Morgan fingerprint density at radius 2 is 2.29 bits per heavy atom. The minimum absolute atomic E-state index is 0.00691. The number of amides is 1. The third-order valence-corrected chi connectivity index (χ3v) is 3.91. The van der Waals surface area contributed by atoms with Gasteiger partial charge in [-0.05, 0) is 36.6 Å². The smallest absolute Gasteiger partial charge is 0.265 e. The van der Waals surface area contributed by atoms with E-state index in [1.165, 1.54) is 30.4 Å². The summed E-state index contributed by atoms with van der Waals surface area (Å²) in [6.45, 7) is 1.51. The summed E-state index contributed by atoms with van der Waals surface area (Å²) in [5, 5.41) is 13.6. The van der Waals surface area contributed by atoms with Crippen molar-refractivity contribution >= 4 is 38.2 Å². The molecule has 0 aliphatic heterocycles. The Kier molecular flexibility index (Phi) is 4.94. The highest BCUT2D eigenvalue weighted by Gasteiger charge is 2.18. The molecule has 0 fully saturated rings. The van der Waals surface area contributed by atoms with E-state index in [4.69, 9.17) is 10.00 Å². The highest BCUT2D eigenvalue weighted by Crippen LogP contribution is 2.24. The molecule has 1 aromatic carbocycles. The van der Waals surface area contributed by atoms with Crippen molar-refractivity contribution in [2.24, 2.45) is 0 Å². The second kappa shape index (κ2) is 6.70. The number of thiophene rings is 1. The van der Waals surface area contributed by atoms with E-state index in [1.807, 2.05) is 6.07 Å². The van der Waals surface area contributed by atoms with Crippen LogP contribution < -0.4 is 10.1 Å². The summed E-state index contributed by atoms with van der Waals surface area (Å²) >= 11 is 4.38. The Morgan fingerprint density at radius 1 is 1.52 bits per heavy atom. The van der Waals surface area contributed by atoms with Gasteiger partial charge in [0.1, 0.15) is 11.1 Å². The lowest BCUT2D eigenvalue weighted by atomic mass is 10.3. The zero-order chi connectivity index (χ0) is 15.4. The topological polar surface area (TPSA) is 62.1 Å². The predicted octanol–water partition coefficient (Wildman–Crippen LogP) is 3.93. The third-order valence-electron chi connectivity index (χ3n) is 2.59. The molecule has 1 atom stereocenters. The van der Waals surface area contributed by atoms with Gasteiger partial charge < -0.3 is 10.1 Å². The SMILES string of the molecule is C[C@H](Oc1ccc(Br)cc1F)C(=O)Nc1sccc1C#N. The molecule has 0 unspecified atom stereocenters. The normalized spacial score (nSPS) is 11.5. The summed E-state index contributed by atoms with van der Waals surface area (Å²) in [7, 11) is 0. The second-order valence-corrected chi connectivity index (χ2v) is 5.93. The van der Waals surface area contributed by atoms with Crippen molar-refractivity contribution in [1.29, 1.82) is 5.26 Å². The monoisotopic (exact) mass is 368 g/mol. The van der Waals surface area contributed by atoms with Gasteiger partial charge in [0.05, 0.1) is 5.56 Å². The molecule has 0 spiro atoms. The number of ether oxygens (including phenoxy) is 1. The standard InChI is InChI=1S/C14H10BrFN2O2S/c1-8(20-12-3-2-10(15)6-11(12)16)13(19)18-14-9(7-17)4-5-21-14/h2-6,8H,1H3,(H,18,19)/t8-/m0/s1. The van der Waals surface area contributed by atoms with Gasteiger partial charge in [-0.3, -0.25) is 4.79 Å². The van der Waals surface area contributed by atoms with Crippen LogP contribution >= 0.6 is 27.3 Å². The highest BCUT2D eigenvalue weighted by atomic mass is 79.9. The Balaban J connectivity index is 2.05. The summed E-state index contributed by atoms with van der Waals surface area (Å²) in [6, 6.07) is 7.90. The number of hydrogen-bond acceptors (Lipinski definition) is 4. The molecule has 0 aliphatic carbocycles. The van der Waals surface area contributed by atoms with Gasteiger partial charge in [-0.15, -0.1) is 11.3 Å². The van der Waals surface area contributed by atoms with E-state index in [2.05, 4.69) is 21.2 Å². The summed E-state index contributed by atoms with van der Waals surface area (Å²) in [5.74, 6) is -1.01. The molecular formula is C14H10BrFN2O2S. The molecule has 4 nitrogen and oxygen atoms in total. The van der Waals surface area contributed by atoms with E-state index in [0.717, 1.165) is 0 Å². The van der Waals surface area contributed by atoms with Gasteiger partial charge in [0.25, 0.3) is 5.91 Å². The zero-order valence-corrected chi connectivity index (χ0v) is 13.3. The Labute approximate surface area is 133 Å². The molecule has 1 N–H and O–H groups in total. The number of anilines is 1. The Bertz CT molecular complexity index is 711. The van der Waals surface area contributed by atoms with Crippen LogP contribution in [-0.4, -0.2) is 12.0 Å². The Morgan fingerprint density at radius 3 is 2.95 bits per heavy atom. The number of nitrogens with one attached hydrogen (secondary N) is 1. The van der Waals surface area contributed by atoms with Crippen LogP contribution in [0.2, 0.25) is 0 Å². The lowest BCUT2D eigenvalue weighted by molar-refractivity contribution is -0.122. The van der Waals surface area contributed by atoms with Crippen LogP contribution in [0.5, 0.6) is 5.75 Å². The molecule has 2 rings (SSSR count). The van der Waals surface area contributed by atoms with Gasteiger partial charge in [-0.25, -0.2) is 4.39 Å². The summed E-state index contributed by atoms with van der Waals surface area (Å²) < 4.78 is 19.5. The first kappa shape index (κ1) is 15.5. The van der Waals surface area contributed by atoms with Crippen LogP contribution in [-0.2, 0) is 4.79 Å². The molecule has 1 aromatic heterocycles. The molecule has 1 amide bonds. The number of carbonyl (C=O) groups is 1. The summed E-state index contributed by atoms with van der Waals surface area (Å²) in [6.07, 6.45) is -0.894. The number of rotatable bonds is 4. The van der Waals surface area contributed by atoms with E-state index < -0.39 is 17.8 Å². The fraction of sp³-hybridized carbons (Fsp3) is 0.143. The number of nitrogens with zero attached hydrogens (tertiary/aromatic N) is 1. The number of halogens is 2. The minimum atomic E-state index is -0.894. The van der Waals surface area contributed by atoms with Gasteiger partial charge in [0.15, 0.2) is 17.7 Å². The third kappa shape index (κ3) is 3.80. The van der Waals surface area contributed by atoms with E-state index in [9.17, 15) is 9.18 Å². The molecule has 108 valence electrons. The molecule has 21 heavy (non-hydrogen) atoms. The molecule has 2 aromatic rings. The number of carbonyl (C=O) groups excluding carboxylic acids is 1. The van der Waals surface area contributed by atoms with Crippen molar-refractivity contribution in [3.05, 3.63) is 45.5 Å². The van der Waals surface area contributed by atoms with Crippen LogP contribution in [0.3, 0.4) is 0 Å². The quantitative estimate of drug-likeness (QED) is 0.889. The van der Waals surface area contributed by atoms with E-state index in [1.54, 1.807) is 17.5 Å². The van der Waals surface area contributed by atoms with Crippen LogP contribution in [0.1, 0.15) is 12.5 Å². The summed E-state index contributed by atoms with van der Waals surface area (Å²) in [4.78, 5) is 12.0. The second-order valence-electron chi connectivity index (χ2n) is 4.10. The van der Waals surface area contributed by atoms with E-state index in [0.29, 0.717) is 15.0 Å². The van der Waals surface area contributed by atoms with Crippen LogP contribution in [0.4, 0.5) is 9.39 Å². The molecule has 7 heteroatoms. The average Bonchev–Trinajstić information content (AvgIpc) is 2.89. The van der Waals surface area contributed by atoms with Crippen molar-refractivity contribution in [2.75, 3.05) is 5.32 Å². The van der Waals surface area contributed by atoms with Gasteiger partial charge >= 0.3 is 0 Å². The number of benzene rings is 1. The van der Waals surface area contributed by atoms with Crippen LogP contribution in [0, 0.1) is 17.1 Å². The van der Waals surface area contributed by atoms with Crippen molar-refractivity contribution in [3.63, 3.8) is 0 Å². The number of nitriles is 1. The minimum Gasteiger partial charge on any atom is -0.478 e. The van der Waals surface area contributed by atoms with Crippen molar-refractivity contribution < 1.29 is 13.9 Å². The van der Waals surface area contributed by atoms with Crippen LogP contribution in [0.15, 0.2) is 34.1 Å². The first-order chi connectivity index (χ1) is 10.0. The van der Waals surface area contributed by atoms with Crippen molar-refractivity contribution in [1.82, 2.24) is 0 Å². The summed E-state index contributed by atoms with van der Waals surface area (Å²) in [5.41, 5.74) is 0.385. The van der Waals surface area contributed by atoms with Gasteiger partial charge in [0, 0.05) is 4.47 Å². The Hall–Kier alpha value is -1.91. The predicted molar refractivity (Wildman–Crippen MR) is 81.9 cm³/mol. The molecular weight excluding hydrogens is 359 g/mol. The first-order valence-corrected chi connectivity index (χ1v) is 7.58. The highest BCUT2D eigenvalue weighted by molar-refractivity contribution is 9.10. The van der Waals surface area contributed by atoms with Crippen molar-refractivity contribution in [3.8, 4) is 11.8 Å². The lowest BCUT2D eigenvalue weighted by Crippen LogP contribution is -2.30.